The van der Waals surface area contributed by atoms with Crippen LogP contribution in [0.3, 0.4) is 0 Å². The van der Waals surface area contributed by atoms with E-state index in [0.717, 1.165) is 46.9 Å². The minimum Gasteiger partial charge on any atom is -0.354 e. The van der Waals surface area contributed by atoms with Crippen LogP contribution in [0.25, 0.3) is 22.2 Å². The van der Waals surface area contributed by atoms with E-state index in [0.29, 0.717) is 19.2 Å². The van der Waals surface area contributed by atoms with Crippen molar-refractivity contribution in [2.75, 3.05) is 25.0 Å². The smallest absolute Gasteiger partial charge is 0.354 e. The Morgan fingerprint density at radius 1 is 1.00 bits per heavy atom. The zero-order valence-corrected chi connectivity index (χ0v) is 20.0. The fourth-order valence-corrected chi connectivity index (χ4v) is 4.99. The third-order valence-electron chi connectivity index (χ3n) is 6.92. The molecule has 0 amide bonds. The van der Waals surface area contributed by atoms with E-state index in [1.54, 1.807) is 10.9 Å². The molecule has 0 bridgehead atoms. The molecular formula is C26H26F4N6. The van der Waals surface area contributed by atoms with Crippen LogP contribution in [-0.4, -0.2) is 51.1 Å². The zero-order chi connectivity index (χ0) is 25.4. The summed E-state index contributed by atoms with van der Waals surface area (Å²) in [5.41, 5.74) is 0.812. The predicted octanol–water partition coefficient (Wildman–Crippen LogP) is 5.29. The van der Waals surface area contributed by atoms with Gasteiger partial charge in [-0.15, -0.1) is 10.2 Å². The molecule has 0 saturated carbocycles. The van der Waals surface area contributed by atoms with Gasteiger partial charge in [0, 0.05) is 49.7 Å². The molecule has 0 atom stereocenters. The largest absolute Gasteiger partial charge is 0.416 e. The van der Waals surface area contributed by atoms with Crippen molar-refractivity contribution in [3.8, 4) is 11.4 Å². The lowest BCUT2D eigenvalue weighted by Crippen LogP contribution is -2.43. The highest BCUT2D eigenvalue weighted by Gasteiger charge is 2.34. The van der Waals surface area contributed by atoms with E-state index in [9.17, 15) is 17.6 Å². The van der Waals surface area contributed by atoms with Crippen LogP contribution in [0.5, 0.6) is 0 Å². The lowest BCUT2D eigenvalue weighted by atomic mass is 10.0. The maximum Gasteiger partial charge on any atom is 0.416 e. The number of alkyl halides is 3. The summed E-state index contributed by atoms with van der Waals surface area (Å²) in [5, 5.41) is 15.3. The summed E-state index contributed by atoms with van der Waals surface area (Å²) in [5.74, 6) is -0.0831. The van der Waals surface area contributed by atoms with Gasteiger partial charge in [0.2, 0.25) is 0 Å². The van der Waals surface area contributed by atoms with Gasteiger partial charge in [-0.2, -0.15) is 18.3 Å². The van der Waals surface area contributed by atoms with Gasteiger partial charge in [0.25, 0.3) is 0 Å². The Bertz CT molecular complexity index is 1370. The fraction of sp³-hybridized carbons (Fsp3) is 0.346. The van der Waals surface area contributed by atoms with Gasteiger partial charge in [-0.3, -0.25) is 9.58 Å². The van der Waals surface area contributed by atoms with Gasteiger partial charge in [-0.1, -0.05) is 30.3 Å². The maximum atomic E-state index is 13.5. The summed E-state index contributed by atoms with van der Waals surface area (Å²) in [6.45, 7) is 1.50. The first-order chi connectivity index (χ1) is 17.2. The molecule has 5 rings (SSSR count). The first-order valence-electron chi connectivity index (χ1n) is 11.8. The minimum atomic E-state index is -4.59. The van der Waals surface area contributed by atoms with Crippen molar-refractivity contribution in [3.63, 3.8) is 0 Å². The topological polar surface area (TPSA) is 50.1 Å². The van der Waals surface area contributed by atoms with Gasteiger partial charge in [0.05, 0.1) is 11.3 Å². The molecular weight excluding hydrogens is 472 g/mol. The molecule has 0 spiro atoms. The molecule has 188 valence electrons. The van der Waals surface area contributed by atoms with Crippen molar-refractivity contribution in [1.82, 2.24) is 24.9 Å². The molecule has 36 heavy (non-hydrogen) atoms. The number of hydrogen-bond acceptors (Lipinski definition) is 5. The Hall–Kier alpha value is -3.53. The molecule has 1 saturated heterocycles. The summed E-state index contributed by atoms with van der Waals surface area (Å²) in [6.07, 6.45) is -1.34. The summed E-state index contributed by atoms with van der Waals surface area (Å²) >= 11 is 0. The van der Waals surface area contributed by atoms with E-state index in [1.165, 1.54) is 6.07 Å². The Labute approximate surface area is 206 Å². The molecule has 0 unspecified atom stereocenters. The fourth-order valence-electron chi connectivity index (χ4n) is 4.99. The molecule has 1 aliphatic rings. The van der Waals surface area contributed by atoms with Crippen LogP contribution in [0.4, 0.5) is 23.4 Å². The number of rotatable bonds is 5. The molecule has 0 radical (unpaired) electrons. The first-order valence-corrected chi connectivity index (χ1v) is 11.8. The van der Waals surface area contributed by atoms with Crippen LogP contribution in [0, 0.1) is 5.82 Å². The van der Waals surface area contributed by atoms with E-state index in [2.05, 4.69) is 20.2 Å². The number of piperidine rings is 1. The van der Waals surface area contributed by atoms with E-state index in [4.69, 9.17) is 0 Å². The number of halogens is 4. The molecule has 10 heteroatoms. The molecule has 6 nitrogen and oxygen atoms in total. The van der Waals surface area contributed by atoms with Gasteiger partial charge in [-0.25, -0.2) is 4.39 Å². The first kappa shape index (κ1) is 24.2. The minimum absolute atomic E-state index is 0.0800. The normalized spacial score (nSPS) is 15.2. The second kappa shape index (κ2) is 9.50. The second-order valence-electron chi connectivity index (χ2n) is 9.19. The summed E-state index contributed by atoms with van der Waals surface area (Å²) in [6, 6.07) is 12.9. The van der Waals surface area contributed by atoms with Gasteiger partial charge in [-0.05, 0) is 43.7 Å². The Balaban J connectivity index is 1.33. The van der Waals surface area contributed by atoms with Gasteiger partial charge < -0.3 is 4.90 Å². The van der Waals surface area contributed by atoms with Crippen molar-refractivity contribution in [1.29, 1.82) is 0 Å². The van der Waals surface area contributed by atoms with Crippen molar-refractivity contribution in [2.24, 2.45) is 7.05 Å². The summed E-state index contributed by atoms with van der Waals surface area (Å²) in [7, 11) is 3.69. The molecule has 1 aliphatic heterocycles. The van der Waals surface area contributed by atoms with Crippen LogP contribution in [0.1, 0.15) is 24.0 Å². The van der Waals surface area contributed by atoms with Crippen molar-refractivity contribution in [2.45, 2.75) is 31.6 Å². The number of aryl methyl sites for hydroxylation is 1. The molecule has 2 aromatic carbocycles. The predicted molar refractivity (Wildman–Crippen MR) is 130 cm³/mol. The average Bonchev–Trinajstić information content (AvgIpc) is 3.29. The van der Waals surface area contributed by atoms with E-state index >= 15 is 0 Å². The van der Waals surface area contributed by atoms with E-state index < -0.39 is 17.6 Å². The zero-order valence-electron chi connectivity index (χ0n) is 20.0. The third kappa shape index (κ3) is 4.65. The highest BCUT2D eigenvalue weighted by molar-refractivity contribution is 5.99. The highest BCUT2D eigenvalue weighted by atomic mass is 19.4. The Morgan fingerprint density at radius 2 is 1.72 bits per heavy atom. The van der Waals surface area contributed by atoms with Crippen LogP contribution in [-0.2, 0) is 19.8 Å². The van der Waals surface area contributed by atoms with Crippen molar-refractivity contribution in [3.05, 3.63) is 71.7 Å². The Kier molecular flexibility index (Phi) is 6.38. The SMILES string of the molecule is CN(Cc1ccc(F)cc1C(F)(F)F)C1CCN(c2nnc(-c3ccnn3C)c3ccccc23)CC1. The lowest BCUT2D eigenvalue weighted by Gasteiger charge is -2.37. The Morgan fingerprint density at radius 3 is 2.39 bits per heavy atom. The van der Waals surface area contributed by atoms with Crippen LogP contribution < -0.4 is 4.90 Å². The molecule has 0 N–H and O–H groups in total. The molecule has 2 aromatic heterocycles. The lowest BCUT2D eigenvalue weighted by molar-refractivity contribution is -0.138. The van der Waals surface area contributed by atoms with Crippen LogP contribution in [0.2, 0.25) is 0 Å². The number of anilines is 1. The summed E-state index contributed by atoms with van der Waals surface area (Å²) in [4.78, 5) is 4.11. The standard InChI is InChI=1S/C26H26F4N6/c1-34(16-17-7-8-18(27)15-22(17)26(28,29)30)19-10-13-36(14-11-19)25-21-6-4-3-5-20(21)24(32-33-25)23-9-12-31-35(23)2/h3-9,12,15,19H,10-11,13-14,16H2,1-2H3. The van der Waals surface area contributed by atoms with Crippen molar-refractivity contribution < 1.29 is 17.6 Å². The molecule has 3 heterocycles. The van der Waals surface area contributed by atoms with E-state index in [-0.39, 0.29) is 18.2 Å². The second-order valence-corrected chi connectivity index (χ2v) is 9.19. The summed E-state index contributed by atoms with van der Waals surface area (Å²) < 4.78 is 55.5. The quantitative estimate of drug-likeness (QED) is 0.350. The molecule has 4 aromatic rings. The number of benzene rings is 2. The molecule has 0 aliphatic carbocycles. The van der Waals surface area contributed by atoms with Crippen LogP contribution >= 0.6 is 0 Å². The number of fused-ring (bicyclic) bond motifs is 1. The van der Waals surface area contributed by atoms with Gasteiger partial charge >= 0.3 is 6.18 Å². The maximum absolute atomic E-state index is 13.5. The average molecular weight is 499 g/mol. The van der Waals surface area contributed by atoms with Gasteiger partial charge in [0.15, 0.2) is 5.82 Å². The third-order valence-corrected chi connectivity index (χ3v) is 6.92. The number of nitrogens with zero attached hydrogens (tertiary/aromatic N) is 6. The van der Waals surface area contributed by atoms with E-state index in [1.807, 2.05) is 49.3 Å². The highest BCUT2D eigenvalue weighted by Crippen LogP contribution is 2.35. The number of hydrogen-bond donors (Lipinski definition) is 0. The monoisotopic (exact) mass is 498 g/mol. The van der Waals surface area contributed by atoms with Crippen molar-refractivity contribution >= 4 is 16.6 Å². The van der Waals surface area contributed by atoms with Crippen LogP contribution in [0.15, 0.2) is 54.7 Å². The van der Waals surface area contributed by atoms with Gasteiger partial charge in [0.1, 0.15) is 11.5 Å². The molecule has 1 fully saturated rings. The number of aromatic nitrogens is 4.